The van der Waals surface area contributed by atoms with E-state index in [0.717, 1.165) is 0 Å². The van der Waals surface area contributed by atoms with Gasteiger partial charge < -0.3 is 11.1 Å². The van der Waals surface area contributed by atoms with Gasteiger partial charge in [0.25, 0.3) is 5.69 Å². The van der Waals surface area contributed by atoms with Gasteiger partial charge in [0, 0.05) is 17.3 Å². The molecule has 5 heteroatoms. The Hall–Kier alpha value is -1.62. The third-order valence-electron chi connectivity index (χ3n) is 1.79. The van der Waals surface area contributed by atoms with E-state index in [4.69, 9.17) is 5.73 Å². The summed E-state index contributed by atoms with van der Waals surface area (Å²) in [6, 6.07) is 4.86. The van der Waals surface area contributed by atoms with Gasteiger partial charge in [-0.1, -0.05) is 6.07 Å². The number of hydrogen-bond acceptors (Lipinski definition) is 4. The molecule has 0 aliphatic rings. The van der Waals surface area contributed by atoms with Gasteiger partial charge in [0.05, 0.1) is 11.6 Å². The highest BCUT2D eigenvalue weighted by Crippen LogP contribution is 2.24. The standard InChI is InChI=1S/C8H11N3O2/c1-6-7(10-5-9)3-2-4-8(6)11(12)13/h2-4,10H,5,9H2,1H3. The third-order valence-corrected chi connectivity index (χ3v) is 1.79. The zero-order valence-corrected chi connectivity index (χ0v) is 7.28. The summed E-state index contributed by atoms with van der Waals surface area (Å²) in [4.78, 5) is 10.1. The molecule has 13 heavy (non-hydrogen) atoms. The number of nitro benzene ring substituents is 1. The maximum absolute atomic E-state index is 10.5. The van der Waals surface area contributed by atoms with E-state index in [1.54, 1.807) is 19.1 Å². The fourth-order valence-electron chi connectivity index (χ4n) is 1.12. The summed E-state index contributed by atoms with van der Waals surface area (Å²) in [7, 11) is 0. The molecule has 0 unspecified atom stereocenters. The van der Waals surface area contributed by atoms with Crippen LogP contribution in [0.5, 0.6) is 0 Å². The Kier molecular flexibility index (Phi) is 2.81. The maximum atomic E-state index is 10.5. The van der Waals surface area contributed by atoms with E-state index >= 15 is 0 Å². The first-order valence-electron chi connectivity index (χ1n) is 3.84. The summed E-state index contributed by atoms with van der Waals surface area (Å²) < 4.78 is 0. The van der Waals surface area contributed by atoms with Gasteiger partial charge in [-0.15, -0.1) is 0 Å². The van der Waals surface area contributed by atoms with Gasteiger partial charge in [0.2, 0.25) is 0 Å². The largest absolute Gasteiger partial charge is 0.372 e. The van der Waals surface area contributed by atoms with E-state index in [-0.39, 0.29) is 12.4 Å². The van der Waals surface area contributed by atoms with Crippen LogP contribution in [-0.4, -0.2) is 11.6 Å². The number of hydrogen-bond donors (Lipinski definition) is 2. The summed E-state index contributed by atoms with van der Waals surface area (Å²) in [5.41, 5.74) is 6.70. The second-order valence-corrected chi connectivity index (χ2v) is 2.59. The number of benzene rings is 1. The predicted octanol–water partition coefficient (Wildman–Crippen LogP) is 1.23. The van der Waals surface area contributed by atoms with Crippen LogP contribution in [0.4, 0.5) is 11.4 Å². The molecule has 3 N–H and O–H groups in total. The molecule has 0 amide bonds. The van der Waals surface area contributed by atoms with E-state index in [0.29, 0.717) is 11.3 Å². The molecule has 0 aromatic heterocycles. The van der Waals surface area contributed by atoms with Crippen LogP contribution in [0, 0.1) is 17.0 Å². The zero-order chi connectivity index (χ0) is 9.84. The highest BCUT2D eigenvalue weighted by atomic mass is 16.6. The van der Waals surface area contributed by atoms with Crippen molar-refractivity contribution in [2.75, 3.05) is 12.0 Å². The van der Waals surface area contributed by atoms with Gasteiger partial charge in [-0.25, -0.2) is 0 Å². The van der Waals surface area contributed by atoms with Crippen molar-refractivity contribution in [3.8, 4) is 0 Å². The number of anilines is 1. The van der Waals surface area contributed by atoms with Crippen LogP contribution in [0.1, 0.15) is 5.56 Å². The highest BCUT2D eigenvalue weighted by molar-refractivity contribution is 5.59. The van der Waals surface area contributed by atoms with E-state index in [1.165, 1.54) is 6.07 Å². The monoisotopic (exact) mass is 181 g/mol. The topological polar surface area (TPSA) is 81.2 Å². The first-order valence-corrected chi connectivity index (χ1v) is 3.84. The fourth-order valence-corrected chi connectivity index (χ4v) is 1.12. The smallest absolute Gasteiger partial charge is 0.274 e. The lowest BCUT2D eigenvalue weighted by atomic mass is 10.1. The molecule has 0 aliphatic heterocycles. The van der Waals surface area contributed by atoms with Crippen molar-refractivity contribution < 1.29 is 4.92 Å². The Labute approximate surface area is 75.7 Å². The molecular weight excluding hydrogens is 170 g/mol. The average molecular weight is 181 g/mol. The molecule has 0 atom stereocenters. The first-order chi connectivity index (χ1) is 6.16. The second kappa shape index (κ2) is 3.86. The molecule has 0 saturated heterocycles. The summed E-state index contributed by atoms with van der Waals surface area (Å²) in [5, 5.41) is 13.4. The molecule has 0 bridgehead atoms. The zero-order valence-electron chi connectivity index (χ0n) is 7.28. The minimum atomic E-state index is -0.406. The SMILES string of the molecule is Cc1c(NCN)cccc1[N+](=O)[O-]. The lowest BCUT2D eigenvalue weighted by Gasteiger charge is -2.06. The minimum Gasteiger partial charge on any atom is -0.372 e. The van der Waals surface area contributed by atoms with Crippen LogP contribution in [0.25, 0.3) is 0 Å². The fraction of sp³-hybridized carbons (Fsp3) is 0.250. The molecule has 0 spiro atoms. The molecule has 5 nitrogen and oxygen atoms in total. The van der Waals surface area contributed by atoms with Crippen molar-refractivity contribution in [1.29, 1.82) is 0 Å². The molecule has 0 saturated carbocycles. The molecule has 1 aromatic rings. The molecule has 0 heterocycles. The Morgan fingerprint density at radius 2 is 2.31 bits per heavy atom. The van der Waals surface area contributed by atoms with Crippen LogP contribution in [-0.2, 0) is 0 Å². The summed E-state index contributed by atoms with van der Waals surface area (Å²) >= 11 is 0. The Morgan fingerprint density at radius 3 is 2.85 bits per heavy atom. The van der Waals surface area contributed by atoms with Gasteiger partial charge >= 0.3 is 0 Å². The quantitative estimate of drug-likeness (QED) is 0.417. The average Bonchev–Trinajstić information content (AvgIpc) is 2.08. The van der Waals surface area contributed by atoms with Gasteiger partial charge in [0.1, 0.15) is 0 Å². The predicted molar refractivity (Wildman–Crippen MR) is 50.5 cm³/mol. The van der Waals surface area contributed by atoms with Crippen molar-refractivity contribution >= 4 is 11.4 Å². The van der Waals surface area contributed by atoms with Crippen LogP contribution in [0.3, 0.4) is 0 Å². The molecule has 1 aromatic carbocycles. The Balaban J connectivity index is 3.10. The van der Waals surface area contributed by atoms with Gasteiger partial charge in [0.15, 0.2) is 0 Å². The number of nitrogens with one attached hydrogen (secondary N) is 1. The minimum absolute atomic E-state index is 0.110. The summed E-state index contributed by atoms with van der Waals surface area (Å²) in [6.07, 6.45) is 0. The Bertz CT molecular complexity index is 325. The van der Waals surface area contributed by atoms with E-state index in [9.17, 15) is 10.1 Å². The summed E-state index contributed by atoms with van der Waals surface area (Å²) in [6.45, 7) is 1.96. The highest BCUT2D eigenvalue weighted by Gasteiger charge is 2.11. The first kappa shape index (κ1) is 9.47. The summed E-state index contributed by atoms with van der Waals surface area (Å²) in [5.74, 6) is 0. The second-order valence-electron chi connectivity index (χ2n) is 2.59. The normalized spacial score (nSPS) is 9.69. The molecule has 0 aliphatic carbocycles. The van der Waals surface area contributed by atoms with Crippen molar-refractivity contribution in [2.24, 2.45) is 5.73 Å². The Morgan fingerprint density at radius 1 is 1.62 bits per heavy atom. The van der Waals surface area contributed by atoms with Crippen molar-refractivity contribution in [3.63, 3.8) is 0 Å². The van der Waals surface area contributed by atoms with Gasteiger partial charge in [-0.2, -0.15) is 0 Å². The van der Waals surface area contributed by atoms with Crippen molar-refractivity contribution in [3.05, 3.63) is 33.9 Å². The van der Waals surface area contributed by atoms with Gasteiger partial charge in [-0.3, -0.25) is 10.1 Å². The van der Waals surface area contributed by atoms with Crippen LogP contribution < -0.4 is 11.1 Å². The van der Waals surface area contributed by atoms with Gasteiger partial charge in [-0.05, 0) is 13.0 Å². The van der Waals surface area contributed by atoms with Crippen molar-refractivity contribution in [2.45, 2.75) is 6.92 Å². The molecule has 70 valence electrons. The van der Waals surface area contributed by atoms with Crippen LogP contribution in [0.15, 0.2) is 18.2 Å². The molecule has 0 fully saturated rings. The lowest BCUT2D eigenvalue weighted by Crippen LogP contribution is -2.12. The number of rotatable bonds is 3. The molecular formula is C8H11N3O2. The number of nitro groups is 1. The lowest BCUT2D eigenvalue weighted by molar-refractivity contribution is -0.385. The van der Waals surface area contributed by atoms with E-state index in [1.807, 2.05) is 0 Å². The number of nitrogens with two attached hydrogens (primary N) is 1. The maximum Gasteiger partial charge on any atom is 0.274 e. The van der Waals surface area contributed by atoms with E-state index < -0.39 is 4.92 Å². The van der Waals surface area contributed by atoms with Crippen LogP contribution >= 0.6 is 0 Å². The number of nitrogens with zero attached hydrogens (tertiary/aromatic N) is 1. The molecule has 1 rings (SSSR count). The van der Waals surface area contributed by atoms with Crippen LogP contribution in [0.2, 0.25) is 0 Å². The molecule has 0 radical (unpaired) electrons. The van der Waals surface area contributed by atoms with Crippen molar-refractivity contribution in [1.82, 2.24) is 0 Å². The van der Waals surface area contributed by atoms with E-state index in [2.05, 4.69) is 5.32 Å². The third kappa shape index (κ3) is 1.94.